The lowest BCUT2D eigenvalue weighted by atomic mass is 9.92. The van der Waals surface area contributed by atoms with E-state index in [-0.39, 0.29) is 12.5 Å². The molecule has 0 unspecified atom stereocenters. The van der Waals surface area contributed by atoms with Gasteiger partial charge in [0.15, 0.2) is 0 Å². The van der Waals surface area contributed by atoms with Crippen LogP contribution in [0, 0.1) is 0 Å². The predicted molar refractivity (Wildman–Crippen MR) is 94.5 cm³/mol. The van der Waals surface area contributed by atoms with Gasteiger partial charge in [-0.15, -0.1) is 0 Å². The van der Waals surface area contributed by atoms with E-state index in [0.717, 1.165) is 24.2 Å². The van der Waals surface area contributed by atoms with Gasteiger partial charge in [-0.3, -0.25) is 14.5 Å². The minimum absolute atomic E-state index is 0.207. The topological polar surface area (TPSA) is 69.7 Å². The molecule has 2 fully saturated rings. The molecule has 0 aliphatic carbocycles. The summed E-state index contributed by atoms with van der Waals surface area (Å²) in [6, 6.07) is 4.19. The van der Waals surface area contributed by atoms with Gasteiger partial charge < -0.3 is 10.2 Å². The van der Waals surface area contributed by atoms with Crippen LogP contribution < -0.4 is 5.32 Å². The van der Waals surface area contributed by atoms with Crippen molar-refractivity contribution in [3.63, 3.8) is 0 Å². The molecule has 0 spiro atoms. The molecule has 2 heterocycles. The number of hydrogen-bond donors (Lipinski definition) is 1. The summed E-state index contributed by atoms with van der Waals surface area (Å²) in [5, 5.41) is 3.33. The van der Waals surface area contributed by atoms with Crippen molar-refractivity contribution in [2.24, 2.45) is 0 Å². The summed E-state index contributed by atoms with van der Waals surface area (Å²) in [7, 11) is 0. The molecule has 0 aromatic heterocycles. The fourth-order valence-electron chi connectivity index (χ4n) is 3.22. The third-order valence-corrected chi connectivity index (χ3v) is 5.51. The Morgan fingerprint density at radius 3 is 2.48 bits per heavy atom. The van der Waals surface area contributed by atoms with E-state index in [2.05, 4.69) is 5.32 Å². The number of benzene rings is 1. The third kappa shape index (κ3) is 3.33. The zero-order chi connectivity index (χ0) is 18.2. The standard InChI is InChI=1S/C17H19Cl2N3O3/c1-17(11-5-6-12(18)13(19)9-11)15(24)22(16(25)20-17)10-14(23)21-7-3-2-4-8-21/h5-6,9H,2-4,7-8,10H2,1H3,(H,20,25)/t17-/m0/s1. The number of likely N-dealkylation sites (tertiary alicyclic amines) is 1. The first-order valence-electron chi connectivity index (χ1n) is 8.20. The number of halogens is 2. The maximum absolute atomic E-state index is 12.8. The average Bonchev–Trinajstić information content (AvgIpc) is 2.82. The number of rotatable bonds is 3. The highest BCUT2D eigenvalue weighted by molar-refractivity contribution is 6.42. The van der Waals surface area contributed by atoms with Gasteiger partial charge in [-0.05, 0) is 43.9 Å². The second-order valence-electron chi connectivity index (χ2n) is 6.52. The van der Waals surface area contributed by atoms with Crippen LogP contribution >= 0.6 is 23.2 Å². The van der Waals surface area contributed by atoms with E-state index < -0.39 is 17.5 Å². The van der Waals surface area contributed by atoms with E-state index >= 15 is 0 Å². The highest BCUT2D eigenvalue weighted by Crippen LogP contribution is 2.33. The molecule has 2 saturated heterocycles. The highest BCUT2D eigenvalue weighted by Gasteiger charge is 2.49. The Hall–Kier alpha value is -1.79. The number of imide groups is 1. The molecule has 0 radical (unpaired) electrons. The largest absolute Gasteiger partial charge is 0.341 e. The fraction of sp³-hybridized carbons (Fsp3) is 0.471. The molecular weight excluding hydrogens is 365 g/mol. The summed E-state index contributed by atoms with van der Waals surface area (Å²) in [5.74, 6) is -0.678. The number of hydrogen-bond acceptors (Lipinski definition) is 3. The van der Waals surface area contributed by atoms with Gasteiger partial charge in [-0.2, -0.15) is 0 Å². The van der Waals surface area contributed by atoms with Crippen LogP contribution in [0.5, 0.6) is 0 Å². The van der Waals surface area contributed by atoms with E-state index in [9.17, 15) is 14.4 Å². The Kier molecular flexibility index (Phi) is 4.93. The summed E-state index contributed by atoms with van der Waals surface area (Å²) < 4.78 is 0. The fourth-order valence-corrected chi connectivity index (χ4v) is 3.52. The van der Waals surface area contributed by atoms with E-state index in [1.807, 2.05) is 0 Å². The van der Waals surface area contributed by atoms with Crippen LogP contribution in [-0.4, -0.2) is 47.3 Å². The maximum atomic E-state index is 12.8. The maximum Gasteiger partial charge on any atom is 0.325 e. The van der Waals surface area contributed by atoms with Crippen LogP contribution in [0.15, 0.2) is 18.2 Å². The highest BCUT2D eigenvalue weighted by atomic mass is 35.5. The Balaban J connectivity index is 1.79. The first-order chi connectivity index (χ1) is 11.8. The first-order valence-corrected chi connectivity index (χ1v) is 8.96. The molecule has 25 heavy (non-hydrogen) atoms. The monoisotopic (exact) mass is 383 g/mol. The quantitative estimate of drug-likeness (QED) is 0.815. The van der Waals surface area contributed by atoms with Crippen molar-refractivity contribution in [2.45, 2.75) is 31.7 Å². The van der Waals surface area contributed by atoms with Crippen molar-refractivity contribution in [3.05, 3.63) is 33.8 Å². The first kappa shape index (κ1) is 18.0. The Bertz CT molecular complexity index is 734. The summed E-state index contributed by atoms with van der Waals surface area (Å²) in [4.78, 5) is 40.2. The molecule has 4 amide bonds. The van der Waals surface area contributed by atoms with Crippen molar-refractivity contribution < 1.29 is 14.4 Å². The summed E-state index contributed by atoms with van der Waals surface area (Å²) in [6.07, 6.45) is 3.00. The molecular formula is C17H19Cl2N3O3. The van der Waals surface area contributed by atoms with Crippen molar-refractivity contribution in [2.75, 3.05) is 19.6 Å². The lowest BCUT2D eigenvalue weighted by Crippen LogP contribution is -2.45. The second-order valence-corrected chi connectivity index (χ2v) is 7.33. The summed E-state index contributed by atoms with van der Waals surface area (Å²) >= 11 is 11.9. The molecule has 1 N–H and O–H groups in total. The number of carbonyl (C=O) groups excluding carboxylic acids is 3. The smallest absolute Gasteiger partial charge is 0.325 e. The summed E-state index contributed by atoms with van der Waals surface area (Å²) in [6.45, 7) is 2.69. The van der Waals surface area contributed by atoms with Crippen LogP contribution in [-0.2, 0) is 15.1 Å². The molecule has 134 valence electrons. The molecule has 0 bridgehead atoms. The Labute approximate surface area is 156 Å². The number of nitrogens with zero attached hydrogens (tertiary/aromatic N) is 2. The lowest BCUT2D eigenvalue weighted by molar-refractivity contribution is -0.139. The molecule has 2 aliphatic heterocycles. The van der Waals surface area contributed by atoms with Gasteiger partial charge in [-0.1, -0.05) is 29.3 Å². The van der Waals surface area contributed by atoms with Crippen LogP contribution in [0.2, 0.25) is 10.0 Å². The molecule has 3 rings (SSSR count). The SMILES string of the molecule is C[C@@]1(c2ccc(Cl)c(Cl)c2)NC(=O)N(CC(=O)N2CCCCC2)C1=O. The van der Waals surface area contributed by atoms with Gasteiger partial charge in [0.2, 0.25) is 5.91 Å². The molecule has 1 atom stereocenters. The van der Waals surface area contributed by atoms with E-state index in [0.29, 0.717) is 28.7 Å². The second kappa shape index (κ2) is 6.84. The molecule has 2 aliphatic rings. The molecule has 0 saturated carbocycles. The van der Waals surface area contributed by atoms with Gasteiger partial charge >= 0.3 is 6.03 Å². The number of piperidine rings is 1. The van der Waals surface area contributed by atoms with Gasteiger partial charge in [0.25, 0.3) is 5.91 Å². The number of nitrogens with one attached hydrogen (secondary N) is 1. The van der Waals surface area contributed by atoms with Crippen LogP contribution in [0.25, 0.3) is 0 Å². The average molecular weight is 384 g/mol. The van der Waals surface area contributed by atoms with E-state index in [1.54, 1.807) is 30.0 Å². The van der Waals surface area contributed by atoms with E-state index in [1.165, 1.54) is 0 Å². The van der Waals surface area contributed by atoms with Crippen molar-refractivity contribution in [1.29, 1.82) is 0 Å². The zero-order valence-electron chi connectivity index (χ0n) is 13.8. The number of amides is 4. The molecule has 1 aromatic carbocycles. The minimum Gasteiger partial charge on any atom is -0.341 e. The van der Waals surface area contributed by atoms with Crippen LogP contribution in [0.1, 0.15) is 31.7 Å². The number of urea groups is 1. The Morgan fingerprint density at radius 2 is 1.84 bits per heavy atom. The lowest BCUT2D eigenvalue weighted by Gasteiger charge is -2.28. The van der Waals surface area contributed by atoms with Gasteiger partial charge in [0.1, 0.15) is 12.1 Å². The minimum atomic E-state index is -1.27. The number of carbonyl (C=O) groups is 3. The van der Waals surface area contributed by atoms with Crippen LogP contribution in [0.3, 0.4) is 0 Å². The van der Waals surface area contributed by atoms with Gasteiger partial charge in [-0.25, -0.2) is 4.79 Å². The van der Waals surface area contributed by atoms with Gasteiger partial charge in [0.05, 0.1) is 10.0 Å². The predicted octanol–water partition coefficient (Wildman–Crippen LogP) is 2.77. The van der Waals surface area contributed by atoms with Gasteiger partial charge in [0, 0.05) is 13.1 Å². The third-order valence-electron chi connectivity index (χ3n) is 4.77. The molecule has 1 aromatic rings. The Morgan fingerprint density at radius 1 is 1.16 bits per heavy atom. The van der Waals surface area contributed by atoms with Crippen molar-refractivity contribution >= 4 is 41.0 Å². The zero-order valence-corrected chi connectivity index (χ0v) is 15.4. The molecule has 8 heteroatoms. The molecule has 6 nitrogen and oxygen atoms in total. The van der Waals surface area contributed by atoms with Crippen LogP contribution in [0.4, 0.5) is 4.79 Å². The van der Waals surface area contributed by atoms with E-state index in [4.69, 9.17) is 23.2 Å². The van der Waals surface area contributed by atoms with Crippen molar-refractivity contribution in [1.82, 2.24) is 15.1 Å². The normalized spacial score (nSPS) is 23.8. The van der Waals surface area contributed by atoms with Crippen molar-refractivity contribution in [3.8, 4) is 0 Å². The summed E-state index contributed by atoms with van der Waals surface area (Å²) in [5.41, 5.74) is -0.749.